The molecule has 0 saturated carbocycles. The second kappa shape index (κ2) is 5.06. The smallest absolute Gasteiger partial charge is 0.311 e. The second-order valence-electron chi connectivity index (χ2n) is 2.83. The van der Waals surface area contributed by atoms with Crippen molar-refractivity contribution in [3.05, 3.63) is 34.1 Å². The fourth-order valence-corrected chi connectivity index (χ4v) is 0.970. The molecule has 6 nitrogen and oxygen atoms in total. The van der Waals surface area contributed by atoms with Crippen LogP contribution in [0.25, 0.3) is 0 Å². The van der Waals surface area contributed by atoms with Crippen LogP contribution in [0.1, 0.15) is 0 Å². The summed E-state index contributed by atoms with van der Waals surface area (Å²) in [5.74, 6) is -1.40. The summed E-state index contributed by atoms with van der Waals surface area (Å²) in [7, 11) is 1.39. The highest BCUT2D eigenvalue weighted by Gasteiger charge is 2.16. The van der Waals surface area contributed by atoms with Crippen molar-refractivity contribution < 1.29 is 18.8 Å². The van der Waals surface area contributed by atoms with E-state index in [0.29, 0.717) is 0 Å². The highest BCUT2D eigenvalue weighted by atomic mass is 19.1. The molecule has 1 aromatic carbocycles. The predicted octanol–water partition coefficient (Wildman–Crippen LogP) is 0.859. The molecule has 1 aromatic rings. The van der Waals surface area contributed by atoms with Gasteiger partial charge in [-0.1, -0.05) is 0 Å². The fraction of sp³-hybridized carbons (Fsp3) is 0.222. The number of amides is 1. The topological polar surface area (TPSA) is 81.5 Å². The van der Waals surface area contributed by atoms with Crippen molar-refractivity contribution in [1.29, 1.82) is 0 Å². The molecule has 0 aliphatic carbocycles. The highest BCUT2D eigenvalue weighted by Crippen LogP contribution is 2.27. The van der Waals surface area contributed by atoms with Gasteiger partial charge in [0.1, 0.15) is 5.82 Å². The third kappa shape index (κ3) is 2.91. The fourth-order valence-electron chi connectivity index (χ4n) is 0.970. The van der Waals surface area contributed by atoms with E-state index >= 15 is 0 Å². The lowest BCUT2D eigenvalue weighted by atomic mass is 10.3. The molecule has 16 heavy (non-hydrogen) atoms. The van der Waals surface area contributed by atoms with Gasteiger partial charge < -0.3 is 10.1 Å². The number of carbonyl (C=O) groups excluding carboxylic acids is 1. The molecule has 1 N–H and O–H groups in total. The molecule has 0 atom stereocenters. The van der Waals surface area contributed by atoms with Gasteiger partial charge in [-0.3, -0.25) is 14.9 Å². The van der Waals surface area contributed by atoms with Gasteiger partial charge in [-0.05, 0) is 6.07 Å². The number of hydrogen-bond acceptors (Lipinski definition) is 4. The van der Waals surface area contributed by atoms with E-state index in [-0.39, 0.29) is 11.4 Å². The number of nitrogens with one attached hydrogen (secondary N) is 1. The van der Waals surface area contributed by atoms with E-state index in [1.165, 1.54) is 7.05 Å². The van der Waals surface area contributed by atoms with E-state index < -0.39 is 23.3 Å². The number of nitro benzene ring substituents is 1. The maximum Gasteiger partial charge on any atom is 0.311 e. The minimum atomic E-state index is -0.710. The van der Waals surface area contributed by atoms with Crippen LogP contribution in [0.3, 0.4) is 0 Å². The number of halogens is 1. The van der Waals surface area contributed by atoms with Crippen LogP contribution in [0, 0.1) is 15.9 Å². The summed E-state index contributed by atoms with van der Waals surface area (Å²) in [5.41, 5.74) is -0.384. The second-order valence-corrected chi connectivity index (χ2v) is 2.83. The van der Waals surface area contributed by atoms with E-state index in [4.69, 9.17) is 4.74 Å². The number of ether oxygens (including phenoxy) is 1. The number of benzene rings is 1. The normalized spacial score (nSPS) is 9.62. The van der Waals surface area contributed by atoms with Gasteiger partial charge >= 0.3 is 5.69 Å². The highest BCUT2D eigenvalue weighted by molar-refractivity contribution is 5.77. The lowest BCUT2D eigenvalue weighted by molar-refractivity contribution is -0.385. The molecule has 0 saturated heterocycles. The summed E-state index contributed by atoms with van der Waals surface area (Å²) in [5, 5.41) is 12.8. The molecule has 0 heterocycles. The van der Waals surface area contributed by atoms with Gasteiger partial charge in [-0.15, -0.1) is 0 Å². The first-order valence-corrected chi connectivity index (χ1v) is 4.32. The summed E-state index contributed by atoms with van der Waals surface area (Å²) in [6, 6.07) is 2.79. The number of hydrogen-bond donors (Lipinski definition) is 1. The molecule has 0 aliphatic rings. The minimum Gasteiger partial charge on any atom is -0.477 e. The van der Waals surface area contributed by atoms with Crippen molar-refractivity contribution in [2.45, 2.75) is 0 Å². The summed E-state index contributed by atoms with van der Waals surface area (Å²) in [4.78, 5) is 20.7. The number of nitro groups is 1. The van der Waals surface area contributed by atoms with Gasteiger partial charge in [0.15, 0.2) is 6.61 Å². The predicted molar refractivity (Wildman–Crippen MR) is 52.6 cm³/mol. The van der Waals surface area contributed by atoms with E-state index in [2.05, 4.69) is 5.32 Å². The molecule has 0 aromatic heterocycles. The molecule has 7 heteroatoms. The molecular weight excluding hydrogens is 219 g/mol. The summed E-state index contributed by atoms with van der Waals surface area (Å²) in [6.07, 6.45) is 0. The van der Waals surface area contributed by atoms with Crippen molar-refractivity contribution in [3.63, 3.8) is 0 Å². The van der Waals surface area contributed by atoms with Crippen molar-refractivity contribution >= 4 is 11.6 Å². The van der Waals surface area contributed by atoms with Crippen molar-refractivity contribution in [3.8, 4) is 5.75 Å². The third-order valence-corrected chi connectivity index (χ3v) is 1.76. The van der Waals surface area contributed by atoms with Crippen LogP contribution < -0.4 is 10.1 Å². The SMILES string of the molecule is CNC(=O)COc1cc(F)ccc1[N+](=O)[O-]. The average Bonchev–Trinajstić information content (AvgIpc) is 2.25. The van der Waals surface area contributed by atoms with Gasteiger partial charge in [-0.2, -0.15) is 0 Å². The summed E-state index contributed by atoms with van der Waals surface area (Å²) < 4.78 is 17.7. The number of carbonyl (C=O) groups is 1. The van der Waals surface area contributed by atoms with Crippen LogP contribution in [0.2, 0.25) is 0 Å². The maximum atomic E-state index is 12.8. The Balaban J connectivity index is 2.88. The van der Waals surface area contributed by atoms with Crippen LogP contribution in [0.4, 0.5) is 10.1 Å². The molecule has 86 valence electrons. The first-order chi connectivity index (χ1) is 7.54. The Bertz CT molecular complexity index is 422. The molecule has 0 bridgehead atoms. The van der Waals surface area contributed by atoms with Crippen molar-refractivity contribution in [1.82, 2.24) is 5.32 Å². The number of likely N-dealkylation sites (N-methyl/N-ethyl adjacent to an activating group) is 1. The Hall–Kier alpha value is -2.18. The number of nitrogens with zero attached hydrogens (tertiary/aromatic N) is 1. The van der Waals surface area contributed by atoms with Crippen LogP contribution in [-0.2, 0) is 4.79 Å². The zero-order valence-corrected chi connectivity index (χ0v) is 8.40. The van der Waals surface area contributed by atoms with Gasteiger partial charge in [0, 0.05) is 19.2 Å². The zero-order valence-electron chi connectivity index (χ0n) is 8.40. The quantitative estimate of drug-likeness (QED) is 0.612. The van der Waals surface area contributed by atoms with E-state index in [0.717, 1.165) is 18.2 Å². The van der Waals surface area contributed by atoms with Gasteiger partial charge in [0.2, 0.25) is 5.75 Å². The molecule has 1 rings (SSSR count). The lowest BCUT2D eigenvalue weighted by Crippen LogP contribution is -2.25. The summed E-state index contributed by atoms with van der Waals surface area (Å²) in [6.45, 7) is -0.402. The molecule has 0 radical (unpaired) electrons. The Morgan fingerprint density at radius 1 is 1.62 bits per heavy atom. The first kappa shape index (κ1) is 11.9. The average molecular weight is 228 g/mol. The Labute approximate surface area is 90.2 Å². The lowest BCUT2D eigenvalue weighted by Gasteiger charge is -2.05. The Morgan fingerprint density at radius 2 is 2.31 bits per heavy atom. The standard InChI is InChI=1S/C9H9FN2O4/c1-11-9(13)5-16-8-4-6(10)2-3-7(8)12(14)15/h2-4H,5H2,1H3,(H,11,13). The Morgan fingerprint density at radius 3 is 2.88 bits per heavy atom. The Kier molecular flexibility index (Phi) is 3.76. The van der Waals surface area contributed by atoms with Gasteiger partial charge in [0.25, 0.3) is 5.91 Å². The molecule has 0 aliphatic heterocycles. The van der Waals surface area contributed by atoms with Crippen LogP contribution in [0.15, 0.2) is 18.2 Å². The van der Waals surface area contributed by atoms with Crippen LogP contribution in [0.5, 0.6) is 5.75 Å². The van der Waals surface area contributed by atoms with Crippen LogP contribution >= 0.6 is 0 Å². The van der Waals surface area contributed by atoms with Crippen molar-refractivity contribution in [2.75, 3.05) is 13.7 Å². The maximum absolute atomic E-state index is 12.8. The zero-order chi connectivity index (χ0) is 12.1. The largest absolute Gasteiger partial charge is 0.477 e. The molecule has 0 fully saturated rings. The van der Waals surface area contributed by atoms with Crippen LogP contribution in [-0.4, -0.2) is 24.5 Å². The summed E-state index contributed by atoms with van der Waals surface area (Å²) >= 11 is 0. The molecule has 0 spiro atoms. The first-order valence-electron chi connectivity index (χ1n) is 4.32. The third-order valence-electron chi connectivity index (χ3n) is 1.76. The molecule has 0 unspecified atom stereocenters. The van der Waals surface area contributed by atoms with E-state index in [1.54, 1.807) is 0 Å². The van der Waals surface area contributed by atoms with E-state index in [9.17, 15) is 19.3 Å². The molecule has 1 amide bonds. The minimum absolute atomic E-state index is 0.270. The van der Waals surface area contributed by atoms with Gasteiger partial charge in [0.05, 0.1) is 4.92 Å². The molecular formula is C9H9FN2O4. The monoisotopic (exact) mass is 228 g/mol. The van der Waals surface area contributed by atoms with Gasteiger partial charge in [-0.25, -0.2) is 4.39 Å². The number of rotatable bonds is 4. The van der Waals surface area contributed by atoms with Crippen molar-refractivity contribution in [2.24, 2.45) is 0 Å². The van der Waals surface area contributed by atoms with E-state index in [1.807, 2.05) is 0 Å².